The highest BCUT2D eigenvalue weighted by atomic mass is 16.5. The average molecular weight is 201 g/mol. The number of methoxy groups -OCH3 is 1. The van der Waals surface area contributed by atoms with Crippen LogP contribution in [0.1, 0.15) is 53.9 Å². The predicted molar refractivity (Wildman–Crippen MR) is 62.7 cm³/mol. The van der Waals surface area contributed by atoms with Crippen LogP contribution in [0.2, 0.25) is 0 Å². The van der Waals surface area contributed by atoms with Crippen molar-refractivity contribution in [3.63, 3.8) is 0 Å². The molecule has 1 saturated heterocycles. The van der Waals surface area contributed by atoms with Gasteiger partial charge in [0.25, 0.3) is 0 Å². The summed E-state index contributed by atoms with van der Waals surface area (Å²) in [4.78, 5) is 0. The Bertz CT molecular complexity index is 136. The van der Waals surface area contributed by atoms with Gasteiger partial charge in [0.2, 0.25) is 0 Å². The van der Waals surface area contributed by atoms with E-state index in [9.17, 15) is 0 Å². The molecule has 1 fully saturated rings. The van der Waals surface area contributed by atoms with E-state index in [0.29, 0.717) is 11.1 Å². The van der Waals surface area contributed by atoms with E-state index in [0.717, 1.165) is 6.61 Å². The molecular formula is C12H27NO. The maximum absolute atomic E-state index is 4.54. The predicted octanol–water partition coefficient (Wildman–Crippen LogP) is 2.97. The molecular weight excluding hydrogens is 174 g/mol. The first kappa shape index (κ1) is 13.9. The largest absolute Gasteiger partial charge is 0.385 e. The van der Waals surface area contributed by atoms with Crippen LogP contribution >= 0.6 is 0 Å². The van der Waals surface area contributed by atoms with Crippen molar-refractivity contribution in [3.05, 3.63) is 0 Å². The van der Waals surface area contributed by atoms with Gasteiger partial charge in [-0.15, -0.1) is 0 Å². The SMILES string of the molecule is CC1(C)CCCC(C)(C)N1.CCOC. The van der Waals surface area contributed by atoms with Gasteiger partial charge in [0.1, 0.15) is 0 Å². The molecule has 1 aliphatic rings. The molecule has 1 aliphatic heterocycles. The Hall–Kier alpha value is -0.0800. The van der Waals surface area contributed by atoms with Crippen LogP contribution in [0, 0.1) is 0 Å². The Kier molecular flexibility index (Phi) is 5.68. The van der Waals surface area contributed by atoms with E-state index >= 15 is 0 Å². The highest BCUT2D eigenvalue weighted by molar-refractivity contribution is 4.92. The van der Waals surface area contributed by atoms with Crippen LogP contribution in [0.15, 0.2) is 0 Å². The van der Waals surface area contributed by atoms with Crippen LogP contribution < -0.4 is 5.32 Å². The van der Waals surface area contributed by atoms with Gasteiger partial charge in [-0.3, -0.25) is 0 Å². The van der Waals surface area contributed by atoms with Crippen LogP contribution in [-0.4, -0.2) is 24.8 Å². The van der Waals surface area contributed by atoms with Crippen LogP contribution in [-0.2, 0) is 4.74 Å². The van der Waals surface area contributed by atoms with Gasteiger partial charge in [0, 0.05) is 24.8 Å². The second-order valence-electron chi connectivity index (χ2n) is 5.32. The van der Waals surface area contributed by atoms with E-state index in [4.69, 9.17) is 0 Å². The van der Waals surface area contributed by atoms with Crippen LogP contribution in [0.3, 0.4) is 0 Å². The molecule has 0 spiro atoms. The van der Waals surface area contributed by atoms with Crippen LogP contribution in [0.25, 0.3) is 0 Å². The molecule has 0 aromatic carbocycles. The molecule has 2 heteroatoms. The van der Waals surface area contributed by atoms with Crippen molar-refractivity contribution in [2.24, 2.45) is 0 Å². The molecule has 0 aliphatic carbocycles. The van der Waals surface area contributed by atoms with Crippen molar-refractivity contribution in [2.45, 2.75) is 65.0 Å². The first-order chi connectivity index (χ1) is 6.33. The monoisotopic (exact) mass is 201 g/mol. The summed E-state index contributed by atoms with van der Waals surface area (Å²) < 4.78 is 4.54. The highest BCUT2D eigenvalue weighted by Gasteiger charge is 2.31. The molecule has 1 rings (SSSR count). The summed E-state index contributed by atoms with van der Waals surface area (Å²) in [7, 11) is 1.68. The standard InChI is InChI=1S/C9H19N.C3H8O/c1-8(2)6-5-7-9(3,4)10-8;1-3-4-2/h10H,5-7H2,1-4H3;3H2,1-2H3. The lowest BCUT2D eigenvalue weighted by molar-refractivity contribution is 0.183. The molecule has 0 amide bonds. The molecule has 0 aromatic heterocycles. The van der Waals surface area contributed by atoms with Gasteiger partial charge in [-0.1, -0.05) is 0 Å². The lowest BCUT2D eigenvalue weighted by Crippen LogP contribution is -2.55. The zero-order valence-electron chi connectivity index (χ0n) is 10.7. The third-order valence-electron chi connectivity index (χ3n) is 2.57. The molecule has 0 bridgehead atoms. The molecule has 14 heavy (non-hydrogen) atoms. The van der Waals surface area contributed by atoms with Crippen molar-refractivity contribution in [1.82, 2.24) is 5.32 Å². The van der Waals surface area contributed by atoms with Gasteiger partial charge >= 0.3 is 0 Å². The number of piperidine rings is 1. The van der Waals surface area contributed by atoms with Crippen LogP contribution in [0.5, 0.6) is 0 Å². The number of nitrogens with one attached hydrogen (secondary N) is 1. The van der Waals surface area contributed by atoms with E-state index in [1.807, 2.05) is 6.92 Å². The fourth-order valence-electron chi connectivity index (χ4n) is 2.01. The van der Waals surface area contributed by atoms with Crippen molar-refractivity contribution in [1.29, 1.82) is 0 Å². The number of hydrogen-bond donors (Lipinski definition) is 1. The second-order valence-corrected chi connectivity index (χ2v) is 5.32. The number of rotatable bonds is 1. The summed E-state index contributed by atoms with van der Waals surface area (Å²) in [5.74, 6) is 0. The van der Waals surface area contributed by atoms with Crippen molar-refractivity contribution < 1.29 is 4.74 Å². The minimum atomic E-state index is 0.363. The zero-order valence-corrected chi connectivity index (χ0v) is 10.7. The van der Waals surface area contributed by atoms with E-state index < -0.39 is 0 Å². The first-order valence-corrected chi connectivity index (χ1v) is 5.61. The summed E-state index contributed by atoms with van der Waals surface area (Å²) >= 11 is 0. The molecule has 1 heterocycles. The molecule has 0 radical (unpaired) electrons. The molecule has 0 atom stereocenters. The van der Waals surface area contributed by atoms with Gasteiger partial charge in [-0.2, -0.15) is 0 Å². The Morgan fingerprint density at radius 3 is 1.57 bits per heavy atom. The summed E-state index contributed by atoms with van der Waals surface area (Å²) in [6.07, 6.45) is 4.00. The van der Waals surface area contributed by atoms with Crippen molar-refractivity contribution >= 4 is 0 Å². The third-order valence-corrected chi connectivity index (χ3v) is 2.57. The minimum Gasteiger partial charge on any atom is -0.385 e. The Labute approximate surface area is 89.4 Å². The lowest BCUT2D eigenvalue weighted by Gasteiger charge is -2.42. The molecule has 86 valence electrons. The van der Waals surface area contributed by atoms with E-state index in [1.165, 1.54) is 19.3 Å². The Morgan fingerprint density at radius 2 is 1.43 bits per heavy atom. The Balaban J connectivity index is 0.000000364. The fraction of sp³-hybridized carbons (Fsp3) is 1.00. The normalized spacial score (nSPS) is 23.6. The molecule has 1 N–H and O–H groups in total. The number of ether oxygens (including phenoxy) is 1. The zero-order chi connectivity index (χ0) is 11.2. The third kappa shape index (κ3) is 6.39. The molecule has 0 unspecified atom stereocenters. The molecule has 0 saturated carbocycles. The van der Waals surface area contributed by atoms with Crippen molar-refractivity contribution in [3.8, 4) is 0 Å². The summed E-state index contributed by atoms with van der Waals surface area (Å²) in [6.45, 7) is 11.9. The smallest absolute Gasteiger partial charge is 0.0433 e. The second kappa shape index (κ2) is 5.72. The first-order valence-electron chi connectivity index (χ1n) is 5.61. The quantitative estimate of drug-likeness (QED) is 0.704. The molecule has 0 aromatic rings. The maximum Gasteiger partial charge on any atom is 0.0433 e. The minimum absolute atomic E-state index is 0.363. The summed E-state index contributed by atoms with van der Waals surface area (Å²) in [6, 6.07) is 0. The number of hydrogen-bond acceptors (Lipinski definition) is 2. The van der Waals surface area contributed by atoms with E-state index in [2.05, 4.69) is 37.7 Å². The fourth-order valence-corrected chi connectivity index (χ4v) is 2.01. The van der Waals surface area contributed by atoms with Gasteiger partial charge in [0.15, 0.2) is 0 Å². The van der Waals surface area contributed by atoms with Crippen LogP contribution in [0.4, 0.5) is 0 Å². The van der Waals surface area contributed by atoms with E-state index in [-0.39, 0.29) is 0 Å². The van der Waals surface area contributed by atoms with Gasteiger partial charge < -0.3 is 10.1 Å². The average Bonchev–Trinajstić information content (AvgIpc) is 2.00. The topological polar surface area (TPSA) is 21.3 Å². The summed E-state index contributed by atoms with van der Waals surface area (Å²) in [5.41, 5.74) is 0.726. The lowest BCUT2D eigenvalue weighted by atomic mass is 9.83. The Morgan fingerprint density at radius 1 is 1.07 bits per heavy atom. The molecule has 2 nitrogen and oxygen atoms in total. The van der Waals surface area contributed by atoms with Gasteiger partial charge in [0.05, 0.1) is 0 Å². The highest BCUT2D eigenvalue weighted by Crippen LogP contribution is 2.27. The maximum atomic E-state index is 4.54. The summed E-state index contributed by atoms with van der Waals surface area (Å²) in [5, 5.41) is 3.63. The van der Waals surface area contributed by atoms with Gasteiger partial charge in [-0.25, -0.2) is 0 Å². The van der Waals surface area contributed by atoms with E-state index in [1.54, 1.807) is 7.11 Å². The van der Waals surface area contributed by atoms with Gasteiger partial charge in [-0.05, 0) is 53.9 Å². The van der Waals surface area contributed by atoms with Crippen molar-refractivity contribution in [2.75, 3.05) is 13.7 Å².